The fraction of sp³-hybridized carbons (Fsp3) is 0.368. The van der Waals surface area contributed by atoms with Gasteiger partial charge >= 0.3 is 0 Å². The summed E-state index contributed by atoms with van der Waals surface area (Å²) in [6, 6.07) is 12.0. The first-order valence-corrected chi connectivity index (χ1v) is 9.80. The molecule has 1 N–H and O–H groups in total. The second kappa shape index (κ2) is 11.2. The number of aromatic nitrogens is 3. The van der Waals surface area contributed by atoms with Gasteiger partial charge in [0.1, 0.15) is 10.3 Å². The number of pyridine rings is 1. The fourth-order valence-electron chi connectivity index (χ4n) is 2.35. The Kier molecular flexibility index (Phi) is 8.28. The Morgan fingerprint density at radius 2 is 1.59 bits per heavy atom. The van der Waals surface area contributed by atoms with Crippen LogP contribution in [0.25, 0.3) is 10.9 Å². The molecule has 0 fully saturated rings. The minimum absolute atomic E-state index is 0.438. The van der Waals surface area contributed by atoms with Crippen molar-refractivity contribution in [2.45, 2.75) is 6.61 Å². The highest BCUT2D eigenvalue weighted by atomic mass is 127. The lowest BCUT2D eigenvalue weighted by atomic mass is 10.2. The largest absolute Gasteiger partial charge is 0.475 e. The lowest BCUT2D eigenvalue weighted by molar-refractivity contribution is 0.00577. The van der Waals surface area contributed by atoms with Crippen LogP contribution in [0, 0.1) is 3.70 Å². The number of nitrogens with one attached hydrogen (secondary N) is 1. The van der Waals surface area contributed by atoms with Crippen molar-refractivity contribution in [3.05, 3.63) is 51.9 Å². The first-order valence-electron chi connectivity index (χ1n) is 8.72. The Bertz CT molecular complexity index is 813. The number of hydrogen-bond donors (Lipinski definition) is 1. The number of nitrogens with zero attached hydrogens (tertiary/aromatic N) is 2. The van der Waals surface area contributed by atoms with Crippen LogP contribution in [0.15, 0.2) is 42.6 Å². The summed E-state index contributed by atoms with van der Waals surface area (Å²) in [6.07, 6.45) is 1.72. The van der Waals surface area contributed by atoms with Gasteiger partial charge in [-0.2, -0.15) is 5.10 Å². The van der Waals surface area contributed by atoms with Crippen molar-refractivity contribution >= 4 is 33.5 Å². The van der Waals surface area contributed by atoms with Crippen molar-refractivity contribution in [2.24, 2.45) is 0 Å². The van der Waals surface area contributed by atoms with Crippen LogP contribution in [-0.2, 0) is 20.8 Å². The number of benzene rings is 1. The van der Waals surface area contributed by atoms with Gasteiger partial charge in [0.05, 0.1) is 51.4 Å². The Labute approximate surface area is 171 Å². The summed E-state index contributed by atoms with van der Waals surface area (Å²) < 4.78 is 23.0. The molecule has 0 bridgehead atoms. The van der Waals surface area contributed by atoms with E-state index in [2.05, 4.69) is 37.8 Å². The topological polar surface area (TPSA) is 78.5 Å². The maximum atomic E-state index is 5.60. The van der Waals surface area contributed by atoms with Crippen LogP contribution in [0.2, 0.25) is 0 Å². The average molecular weight is 483 g/mol. The van der Waals surface area contributed by atoms with E-state index < -0.39 is 0 Å². The minimum atomic E-state index is 0.438. The molecule has 0 amide bonds. The quantitative estimate of drug-likeness (QED) is 0.315. The van der Waals surface area contributed by atoms with Crippen LogP contribution in [-0.4, -0.2) is 54.8 Å². The van der Waals surface area contributed by atoms with Gasteiger partial charge in [-0.3, -0.25) is 5.10 Å². The van der Waals surface area contributed by atoms with E-state index in [9.17, 15) is 0 Å². The Hall–Kier alpha value is -1.75. The monoisotopic (exact) mass is 483 g/mol. The van der Waals surface area contributed by atoms with E-state index >= 15 is 0 Å². The Morgan fingerprint density at radius 3 is 2.37 bits per heavy atom. The number of aromatic amines is 1. The molecule has 2 heterocycles. The molecule has 0 radical (unpaired) electrons. The van der Waals surface area contributed by atoms with Crippen molar-refractivity contribution in [2.75, 3.05) is 39.6 Å². The van der Waals surface area contributed by atoms with Crippen LogP contribution >= 0.6 is 22.6 Å². The Morgan fingerprint density at radius 1 is 0.889 bits per heavy atom. The van der Waals surface area contributed by atoms with Crippen molar-refractivity contribution in [3.63, 3.8) is 0 Å². The summed E-state index contributed by atoms with van der Waals surface area (Å²) in [6.45, 7) is 3.71. The summed E-state index contributed by atoms with van der Waals surface area (Å²) in [7, 11) is 0. The molecule has 27 heavy (non-hydrogen) atoms. The van der Waals surface area contributed by atoms with Crippen molar-refractivity contribution in [1.29, 1.82) is 0 Å². The van der Waals surface area contributed by atoms with Crippen molar-refractivity contribution in [1.82, 2.24) is 15.2 Å². The predicted octanol–water partition coefficient (Wildman–Crippen LogP) is 3.19. The normalized spacial score (nSPS) is 11.1. The molecule has 7 nitrogen and oxygen atoms in total. The second-order valence-electron chi connectivity index (χ2n) is 5.69. The SMILES string of the molecule is Ic1n[nH]c2cnc(OCCOCCOCCOCc3ccccc3)cc12. The summed E-state index contributed by atoms with van der Waals surface area (Å²) in [4.78, 5) is 4.23. The molecule has 0 spiro atoms. The van der Waals surface area contributed by atoms with Gasteiger partial charge in [0.2, 0.25) is 5.88 Å². The summed E-state index contributed by atoms with van der Waals surface area (Å²) in [5.74, 6) is 0.567. The minimum Gasteiger partial charge on any atom is -0.475 e. The molecule has 3 aromatic rings. The standard InChI is InChI=1S/C19H22IN3O4/c20-19-16-12-18(21-13-17(16)22-23-19)27-11-10-25-7-6-24-8-9-26-14-15-4-2-1-3-5-15/h1-5,12-13H,6-11,14H2,(H,22,23). The van der Waals surface area contributed by atoms with Gasteiger partial charge in [0.15, 0.2) is 0 Å². The lowest BCUT2D eigenvalue weighted by Gasteiger charge is -2.08. The Balaban J connectivity index is 1.17. The van der Waals surface area contributed by atoms with E-state index in [1.54, 1.807) is 6.20 Å². The zero-order valence-corrected chi connectivity index (χ0v) is 17.1. The molecule has 144 valence electrons. The third kappa shape index (κ3) is 6.73. The third-order valence-electron chi connectivity index (χ3n) is 3.71. The molecule has 0 saturated heterocycles. The zero-order chi connectivity index (χ0) is 18.7. The first kappa shape index (κ1) is 20.0. The van der Waals surface area contributed by atoms with Crippen LogP contribution < -0.4 is 4.74 Å². The zero-order valence-electron chi connectivity index (χ0n) is 14.9. The lowest BCUT2D eigenvalue weighted by Crippen LogP contribution is -2.13. The second-order valence-corrected chi connectivity index (χ2v) is 6.72. The highest BCUT2D eigenvalue weighted by Crippen LogP contribution is 2.20. The van der Waals surface area contributed by atoms with Crippen LogP contribution in [0.3, 0.4) is 0 Å². The van der Waals surface area contributed by atoms with Crippen LogP contribution in [0.1, 0.15) is 5.56 Å². The molecule has 0 atom stereocenters. The number of fused-ring (bicyclic) bond motifs is 1. The molecule has 3 rings (SSSR count). The van der Waals surface area contributed by atoms with E-state index in [0.717, 1.165) is 20.2 Å². The summed E-state index contributed by atoms with van der Waals surface area (Å²) >= 11 is 2.17. The molecule has 0 unspecified atom stereocenters. The molecule has 0 aliphatic rings. The van der Waals surface area contributed by atoms with E-state index in [0.29, 0.717) is 52.1 Å². The van der Waals surface area contributed by atoms with Gasteiger partial charge in [-0.05, 0) is 28.2 Å². The van der Waals surface area contributed by atoms with Crippen molar-refractivity contribution in [3.8, 4) is 5.88 Å². The molecule has 2 aromatic heterocycles. The van der Waals surface area contributed by atoms with Gasteiger partial charge in [0.25, 0.3) is 0 Å². The smallest absolute Gasteiger partial charge is 0.214 e. The summed E-state index contributed by atoms with van der Waals surface area (Å²) in [5.41, 5.74) is 2.06. The highest BCUT2D eigenvalue weighted by molar-refractivity contribution is 14.1. The average Bonchev–Trinajstić information content (AvgIpc) is 3.07. The van der Waals surface area contributed by atoms with Crippen LogP contribution in [0.5, 0.6) is 5.88 Å². The van der Waals surface area contributed by atoms with Gasteiger partial charge in [-0.25, -0.2) is 4.98 Å². The van der Waals surface area contributed by atoms with E-state index in [-0.39, 0.29) is 0 Å². The molecular formula is C19H22IN3O4. The number of hydrogen-bond acceptors (Lipinski definition) is 6. The summed E-state index contributed by atoms with van der Waals surface area (Å²) in [5, 5.41) is 8.04. The fourth-order valence-corrected chi connectivity index (χ4v) is 2.92. The highest BCUT2D eigenvalue weighted by Gasteiger charge is 2.05. The maximum absolute atomic E-state index is 5.60. The molecule has 0 aliphatic heterocycles. The van der Waals surface area contributed by atoms with E-state index in [4.69, 9.17) is 18.9 Å². The molecule has 1 aromatic carbocycles. The molecule has 0 saturated carbocycles. The molecular weight excluding hydrogens is 461 g/mol. The number of rotatable bonds is 12. The molecule has 0 aliphatic carbocycles. The van der Waals surface area contributed by atoms with Crippen molar-refractivity contribution < 1.29 is 18.9 Å². The number of ether oxygens (including phenoxy) is 4. The van der Waals surface area contributed by atoms with Gasteiger partial charge in [-0.1, -0.05) is 30.3 Å². The first-order chi connectivity index (χ1) is 13.3. The molecule has 8 heteroatoms. The number of H-pyrrole nitrogens is 1. The van der Waals surface area contributed by atoms with Crippen LogP contribution in [0.4, 0.5) is 0 Å². The maximum Gasteiger partial charge on any atom is 0.214 e. The third-order valence-corrected chi connectivity index (χ3v) is 4.53. The van der Waals surface area contributed by atoms with Gasteiger partial charge in [0, 0.05) is 11.5 Å². The number of halogens is 1. The predicted molar refractivity (Wildman–Crippen MR) is 110 cm³/mol. The van der Waals surface area contributed by atoms with Gasteiger partial charge in [-0.15, -0.1) is 0 Å². The van der Waals surface area contributed by atoms with E-state index in [1.165, 1.54) is 0 Å². The van der Waals surface area contributed by atoms with E-state index in [1.807, 2.05) is 36.4 Å². The van der Waals surface area contributed by atoms with Gasteiger partial charge < -0.3 is 18.9 Å².